The van der Waals surface area contributed by atoms with E-state index in [2.05, 4.69) is 24.1 Å². The van der Waals surface area contributed by atoms with E-state index in [-0.39, 0.29) is 18.4 Å². The molecule has 1 aliphatic rings. The van der Waals surface area contributed by atoms with Crippen LogP contribution in [0.15, 0.2) is 42.5 Å². The molecule has 0 bridgehead atoms. The van der Waals surface area contributed by atoms with Gasteiger partial charge in [0.1, 0.15) is 5.75 Å². The maximum absolute atomic E-state index is 6.49. The Morgan fingerprint density at radius 3 is 2.00 bits per heavy atom. The molecule has 0 aromatic heterocycles. The molecule has 0 spiro atoms. The van der Waals surface area contributed by atoms with Crippen LogP contribution in [-0.4, -0.2) is 54.0 Å². The predicted octanol–water partition coefficient (Wildman–Crippen LogP) is 5.30. The predicted molar refractivity (Wildman–Crippen MR) is 147 cm³/mol. The van der Waals surface area contributed by atoms with Gasteiger partial charge in [-0.3, -0.25) is 4.90 Å². The minimum absolute atomic E-state index is 0. The highest BCUT2D eigenvalue weighted by Crippen LogP contribution is 2.42. The summed E-state index contributed by atoms with van der Waals surface area (Å²) in [5.74, 6) is 4.38. The lowest BCUT2D eigenvalue weighted by Crippen LogP contribution is -2.33. The van der Waals surface area contributed by atoms with Gasteiger partial charge in [-0.2, -0.15) is 0 Å². The molecule has 1 atom stereocenters. The van der Waals surface area contributed by atoms with E-state index in [1.165, 1.54) is 11.1 Å². The Balaban J connectivity index is 0.00000380. The smallest absolute Gasteiger partial charge is 0.169 e. The number of benzene rings is 3. The van der Waals surface area contributed by atoms with E-state index < -0.39 is 0 Å². The van der Waals surface area contributed by atoms with Crippen molar-refractivity contribution in [3.63, 3.8) is 0 Å². The molecule has 4 rings (SSSR count). The van der Waals surface area contributed by atoms with Crippen molar-refractivity contribution in [1.82, 2.24) is 4.90 Å². The first kappa shape index (κ1) is 28.1. The summed E-state index contributed by atoms with van der Waals surface area (Å²) < 4.78 is 33.7. The van der Waals surface area contributed by atoms with Crippen LogP contribution < -0.4 is 34.2 Å². The minimum atomic E-state index is 0. The van der Waals surface area contributed by atoms with Crippen LogP contribution in [0.25, 0.3) is 0 Å². The number of fused-ring (bicyclic) bond motifs is 1. The van der Waals surface area contributed by atoms with Gasteiger partial charge in [-0.05, 0) is 66.9 Å². The fraction of sp³-hybridized carbons (Fsp3) is 0.357. The lowest BCUT2D eigenvalue weighted by atomic mass is 9.88. The summed E-state index contributed by atoms with van der Waals surface area (Å²) in [7, 11) is 10.2. The van der Waals surface area contributed by atoms with E-state index in [0.29, 0.717) is 40.9 Å². The largest absolute Gasteiger partial charge is 0.493 e. The fourth-order valence-electron chi connectivity index (χ4n) is 4.67. The lowest BCUT2D eigenvalue weighted by molar-refractivity contribution is 0.228. The summed E-state index contributed by atoms with van der Waals surface area (Å²) >= 11 is 0. The Kier molecular flexibility index (Phi) is 9.23. The van der Waals surface area contributed by atoms with Crippen molar-refractivity contribution in [2.24, 2.45) is 0 Å². The molecule has 0 saturated carbocycles. The third-order valence-corrected chi connectivity index (χ3v) is 6.69. The Morgan fingerprint density at radius 1 is 0.757 bits per heavy atom. The van der Waals surface area contributed by atoms with Crippen LogP contribution >= 0.6 is 12.4 Å². The van der Waals surface area contributed by atoms with Crippen molar-refractivity contribution in [2.45, 2.75) is 18.9 Å². The van der Waals surface area contributed by atoms with E-state index in [9.17, 15) is 0 Å². The molecule has 9 heteroatoms. The maximum Gasteiger partial charge on any atom is 0.169 e. The number of likely N-dealkylation sites (N-methyl/N-ethyl adjacent to an activating group) is 1. The van der Waals surface area contributed by atoms with E-state index in [4.69, 9.17) is 34.2 Å². The SMILES string of the molecule is COc1ccc(Oc2cc(CC3c4cc(OC)c(OC)cc4CCN3C)c(N)cc2OC)cc1OC.Cl. The Labute approximate surface area is 224 Å². The van der Waals surface area contributed by atoms with Gasteiger partial charge in [-0.25, -0.2) is 0 Å². The molecule has 0 radical (unpaired) electrons. The van der Waals surface area contributed by atoms with Crippen LogP contribution in [0.5, 0.6) is 40.2 Å². The molecule has 1 heterocycles. The zero-order valence-corrected chi connectivity index (χ0v) is 22.9. The van der Waals surface area contributed by atoms with Gasteiger partial charge in [0.15, 0.2) is 34.5 Å². The Hall–Kier alpha value is -3.49. The maximum atomic E-state index is 6.49. The van der Waals surface area contributed by atoms with Gasteiger partial charge >= 0.3 is 0 Å². The summed E-state index contributed by atoms with van der Waals surface area (Å²) in [4.78, 5) is 2.34. The van der Waals surface area contributed by atoms with Crippen LogP contribution in [-0.2, 0) is 12.8 Å². The third kappa shape index (κ3) is 5.76. The molecule has 200 valence electrons. The van der Waals surface area contributed by atoms with Gasteiger partial charge in [0.05, 0.1) is 35.5 Å². The molecule has 3 aromatic rings. The van der Waals surface area contributed by atoms with Gasteiger partial charge in [0.25, 0.3) is 0 Å². The molecular formula is C28H35ClN2O6. The van der Waals surface area contributed by atoms with E-state index in [1.807, 2.05) is 18.2 Å². The molecule has 2 N–H and O–H groups in total. The number of hydrogen-bond acceptors (Lipinski definition) is 8. The summed E-state index contributed by atoms with van der Waals surface area (Å²) in [6.07, 6.45) is 1.63. The summed E-state index contributed by atoms with van der Waals surface area (Å²) in [6, 6.07) is 13.4. The van der Waals surface area contributed by atoms with Gasteiger partial charge in [0, 0.05) is 30.4 Å². The van der Waals surface area contributed by atoms with Gasteiger partial charge in [-0.1, -0.05) is 0 Å². The van der Waals surface area contributed by atoms with Crippen molar-refractivity contribution in [3.05, 3.63) is 59.2 Å². The fourth-order valence-corrected chi connectivity index (χ4v) is 4.67. The summed E-state index contributed by atoms with van der Waals surface area (Å²) in [6.45, 7) is 0.929. The highest BCUT2D eigenvalue weighted by molar-refractivity contribution is 5.85. The molecule has 1 aliphatic heterocycles. The number of anilines is 1. The number of nitrogen functional groups attached to an aromatic ring is 1. The number of halogens is 1. The van der Waals surface area contributed by atoms with E-state index in [1.54, 1.807) is 47.7 Å². The Morgan fingerprint density at radius 2 is 1.35 bits per heavy atom. The molecule has 0 fully saturated rings. The first-order valence-electron chi connectivity index (χ1n) is 11.7. The van der Waals surface area contributed by atoms with E-state index in [0.717, 1.165) is 30.0 Å². The van der Waals surface area contributed by atoms with Crippen molar-refractivity contribution in [3.8, 4) is 40.2 Å². The second-order valence-corrected chi connectivity index (χ2v) is 8.68. The van der Waals surface area contributed by atoms with Crippen LogP contribution in [0.2, 0.25) is 0 Å². The van der Waals surface area contributed by atoms with Crippen molar-refractivity contribution in [1.29, 1.82) is 0 Å². The molecule has 0 saturated heterocycles. The van der Waals surface area contributed by atoms with Gasteiger partial charge < -0.3 is 34.2 Å². The standard InChI is InChI=1S/C28H34N2O6.ClH/c1-30-10-9-17-12-24(32-3)26(34-5)15-20(17)22(30)11-18-13-28(27(35-6)16-21(18)29)36-19-7-8-23(31-2)25(14-19)33-4;/h7-8,12-16,22H,9-11,29H2,1-6H3;1H. The van der Waals surface area contributed by atoms with Crippen LogP contribution in [0.3, 0.4) is 0 Å². The normalized spacial score (nSPS) is 14.7. The number of nitrogens with two attached hydrogens (primary N) is 1. The first-order chi connectivity index (χ1) is 17.4. The average molecular weight is 531 g/mol. The number of rotatable bonds is 9. The topological polar surface area (TPSA) is 84.6 Å². The Bertz CT molecular complexity index is 1240. The number of nitrogens with zero attached hydrogens (tertiary/aromatic N) is 1. The van der Waals surface area contributed by atoms with Gasteiger partial charge in [-0.15, -0.1) is 12.4 Å². The summed E-state index contributed by atoms with van der Waals surface area (Å²) in [5, 5.41) is 0. The van der Waals surface area contributed by atoms with Crippen LogP contribution in [0.4, 0.5) is 5.69 Å². The monoisotopic (exact) mass is 530 g/mol. The molecule has 1 unspecified atom stereocenters. The highest BCUT2D eigenvalue weighted by atomic mass is 35.5. The molecule has 37 heavy (non-hydrogen) atoms. The zero-order valence-electron chi connectivity index (χ0n) is 22.1. The lowest BCUT2D eigenvalue weighted by Gasteiger charge is -2.35. The first-order valence-corrected chi connectivity index (χ1v) is 11.7. The van der Waals surface area contributed by atoms with Crippen molar-refractivity contribution >= 4 is 18.1 Å². The average Bonchev–Trinajstić information content (AvgIpc) is 2.90. The van der Waals surface area contributed by atoms with Gasteiger partial charge in [0.2, 0.25) is 0 Å². The van der Waals surface area contributed by atoms with Crippen LogP contribution in [0, 0.1) is 0 Å². The summed E-state index contributed by atoms with van der Waals surface area (Å²) in [5.41, 5.74) is 10.6. The quantitative estimate of drug-likeness (QED) is 0.373. The molecule has 0 aliphatic carbocycles. The molecule has 8 nitrogen and oxygen atoms in total. The number of ether oxygens (including phenoxy) is 6. The second-order valence-electron chi connectivity index (χ2n) is 8.68. The molecule has 0 amide bonds. The second kappa shape index (κ2) is 12.2. The van der Waals surface area contributed by atoms with Crippen molar-refractivity contribution < 1.29 is 28.4 Å². The molecule has 3 aromatic carbocycles. The van der Waals surface area contributed by atoms with E-state index >= 15 is 0 Å². The third-order valence-electron chi connectivity index (χ3n) is 6.69. The molecular weight excluding hydrogens is 496 g/mol. The van der Waals surface area contributed by atoms with Crippen LogP contribution in [0.1, 0.15) is 22.7 Å². The van der Waals surface area contributed by atoms with Crippen molar-refractivity contribution in [2.75, 3.05) is 54.9 Å². The number of hydrogen-bond donors (Lipinski definition) is 1. The minimum Gasteiger partial charge on any atom is -0.493 e. The zero-order chi connectivity index (χ0) is 25.8. The number of methoxy groups -OCH3 is 5. The highest BCUT2D eigenvalue weighted by Gasteiger charge is 2.28.